The molecule has 0 fully saturated rings. The molecule has 2 aromatic rings. The molecule has 8 nitrogen and oxygen atoms in total. The van der Waals surface area contributed by atoms with Gasteiger partial charge in [-0.05, 0) is 42.0 Å². The maximum absolute atomic E-state index is 12.0. The molecule has 3 N–H and O–H groups in total. The van der Waals surface area contributed by atoms with Crippen molar-refractivity contribution >= 4 is 28.7 Å². The summed E-state index contributed by atoms with van der Waals surface area (Å²) in [5.41, 5.74) is 1.60. The Morgan fingerprint density at radius 2 is 1.69 bits per heavy atom. The topological polar surface area (TPSA) is 126 Å². The summed E-state index contributed by atoms with van der Waals surface area (Å²) < 4.78 is 10.3. The summed E-state index contributed by atoms with van der Waals surface area (Å²) in [7, 11) is 1.20. The number of carboxylic acids is 1. The number of rotatable bonds is 3. The van der Waals surface area contributed by atoms with E-state index in [0.717, 1.165) is 0 Å². The van der Waals surface area contributed by atoms with E-state index in [1.165, 1.54) is 37.4 Å². The lowest BCUT2D eigenvalue weighted by atomic mass is 9.90. The smallest absolute Gasteiger partial charge is 0.411 e. The van der Waals surface area contributed by atoms with Crippen molar-refractivity contribution in [3.05, 3.63) is 70.4 Å². The molecule has 1 amide bonds. The van der Waals surface area contributed by atoms with Crippen molar-refractivity contribution in [2.45, 2.75) is 13.8 Å². The molecular weight excluding hydrogens is 414 g/mol. The van der Waals surface area contributed by atoms with Crippen LogP contribution >= 0.6 is 0 Å². The van der Waals surface area contributed by atoms with Crippen LogP contribution in [-0.2, 0) is 4.74 Å². The van der Waals surface area contributed by atoms with Crippen LogP contribution in [0.25, 0.3) is 33.4 Å². The number of methoxy groups -OCH3 is 1. The number of carboxylic acid groups (broad SMARTS) is 1. The number of hydrogen-bond acceptors (Lipinski definition) is 6. The van der Waals surface area contributed by atoms with E-state index in [1.54, 1.807) is 24.3 Å². The maximum Gasteiger partial charge on any atom is 0.411 e. The van der Waals surface area contributed by atoms with E-state index in [-0.39, 0.29) is 33.8 Å². The minimum atomic E-state index is -1.21. The van der Waals surface area contributed by atoms with Crippen LogP contribution in [0.4, 0.5) is 10.5 Å². The van der Waals surface area contributed by atoms with Gasteiger partial charge in [0.15, 0.2) is 5.43 Å². The second-order valence-electron chi connectivity index (χ2n) is 6.50. The number of fused-ring (bicyclic) bond motifs is 2. The van der Waals surface area contributed by atoms with E-state index < -0.39 is 12.1 Å². The van der Waals surface area contributed by atoms with E-state index in [4.69, 9.17) is 4.42 Å². The van der Waals surface area contributed by atoms with Crippen LogP contribution in [0.5, 0.6) is 5.75 Å². The summed E-state index contributed by atoms with van der Waals surface area (Å²) in [6, 6.07) is 13.1. The fourth-order valence-corrected chi connectivity index (χ4v) is 3.34. The molecule has 0 bridgehead atoms. The monoisotopic (exact) mass is 435 g/mol. The van der Waals surface area contributed by atoms with Crippen LogP contribution in [0.2, 0.25) is 0 Å². The molecule has 1 aliphatic heterocycles. The summed E-state index contributed by atoms with van der Waals surface area (Å²) >= 11 is 0. The molecule has 2 aromatic carbocycles. The molecule has 164 valence electrons. The SMILES string of the molecule is CC.COC(=O)Nc1ccc(-c2c3ccc(=O)cc-3oc3cc(O)ccc23)c(C(=O)O)c1. The Bertz CT molecular complexity index is 1340. The Kier molecular flexibility index (Phi) is 6.44. The number of hydrogen-bond donors (Lipinski definition) is 3. The molecule has 0 atom stereocenters. The Morgan fingerprint density at radius 3 is 2.38 bits per heavy atom. The van der Waals surface area contributed by atoms with Gasteiger partial charge in [-0.3, -0.25) is 10.1 Å². The number of phenols is 1. The van der Waals surface area contributed by atoms with Gasteiger partial charge < -0.3 is 19.4 Å². The van der Waals surface area contributed by atoms with Gasteiger partial charge in [0.25, 0.3) is 0 Å². The van der Waals surface area contributed by atoms with Gasteiger partial charge in [-0.1, -0.05) is 19.9 Å². The number of ether oxygens (including phenoxy) is 1. The highest BCUT2D eigenvalue weighted by Crippen LogP contribution is 2.42. The van der Waals surface area contributed by atoms with Gasteiger partial charge in [0.1, 0.15) is 17.1 Å². The normalized spacial score (nSPS) is 10.3. The Balaban J connectivity index is 0.00000141. The molecule has 2 aliphatic rings. The average molecular weight is 435 g/mol. The zero-order valence-electron chi connectivity index (χ0n) is 17.6. The summed E-state index contributed by atoms with van der Waals surface area (Å²) in [4.78, 5) is 35.3. The lowest BCUT2D eigenvalue weighted by Gasteiger charge is -2.17. The summed E-state index contributed by atoms with van der Waals surface area (Å²) in [6.07, 6.45) is -0.730. The number of benzene rings is 3. The molecule has 0 spiro atoms. The number of phenolic OH excluding ortho intramolecular Hbond substituents is 1. The van der Waals surface area contributed by atoms with Gasteiger partial charge in [0.05, 0.1) is 12.7 Å². The molecule has 8 heteroatoms. The first kappa shape index (κ1) is 22.4. The van der Waals surface area contributed by atoms with Crippen molar-refractivity contribution < 1.29 is 29.0 Å². The highest BCUT2D eigenvalue weighted by molar-refractivity contribution is 6.08. The van der Waals surface area contributed by atoms with Gasteiger partial charge in [0, 0.05) is 34.3 Å². The number of carbonyl (C=O) groups is 2. The van der Waals surface area contributed by atoms with Crippen LogP contribution in [0.3, 0.4) is 0 Å². The fraction of sp³-hybridized carbons (Fsp3) is 0.125. The number of anilines is 1. The van der Waals surface area contributed by atoms with E-state index >= 15 is 0 Å². The highest BCUT2D eigenvalue weighted by Gasteiger charge is 2.22. The number of nitrogens with one attached hydrogen (secondary N) is 1. The van der Waals surface area contributed by atoms with Gasteiger partial charge in [-0.25, -0.2) is 9.59 Å². The molecule has 1 heterocycles. The molecule has 1 aliphatic carbocycles. The van der Waals surface area contributed by atoms with Crippen LogP contribution in [0.1, 0.15) is 24.2 Å². The molecule has 0 saturated heterocycles. The Labute approximate surface area is 183 Å². The summed E-state index contributed by atoms with van der Waals surface area (Å²) in [5.74, 6) is -0.991. The molecule has 0 unspecified atom stereocenters. The molecule has 32 heavy (non-hydrogen) atoms. The maximum atomic E-state index is 12.0. The zero-order chi connectivity index (χ0) is 23.4. The Hall–Kier alpha value is -4.33. The lowest BCUT2D eigenvalue weighted by molar-refractivity contribution is 0.0697. The van der Waals surface area contributed by atoms with Crippen molar-refractivity contribution in [3.63, 3.8) is 0 Å². The van der Waals surface area contributed by atoms with Gasteiger partial charge in [-0.2, -0.15) is 0 Å². The quantitative estimate of drug-likeness (QED) is 0.379. The molecular formula is C24H21NO7. The Morgan fingerprint density at radius 1 is 0.969 bits per heavy atom. The van der Waals surface area contributed by atoms with Crippen LogP contribution in [0, 0.1) is 0 Å². The molecule has 0 saturated carbocycles. The van der Waals surface area contributed by atoms with Crippen molar-refractivity contribution in [3.8, 4) is 28.2 Å². The van der Waals surface area contributed by atoms with Gasteiger partial charge >= 0.3 is 12.1 Å². The third kappa shape index (κ3) is 4.24. The van der Waals surface area contributed by atoms with Crippen molar-refractivity contribution in [1.82, 2.24) is 0 Å². The van der Waals surface area contributed by atoms with Crippen molar-refractivity contribution in [2.75, 3.05) is 12.4 Å². The number of amides is 1. The first-order valence-corrected chi connectivity index (χ1v) is 9.79. The van der Waals surface area contributed by atoms with Crippen molar-refractivity contribution in [2.24, 2.45) is 0 Å². The second kappa shape index (κ2) is 9.22. The lowest BCUT2D eigenvalue weighted by Crippen LogP contribution is -2.12. The number of aromatic hydroxyl groups is 1. The first-order chi connectivity index (χ1) is 15.4. The van der Waals surface area contributed by atoms with Gasteiger partial charge in [-0.15, -0.1) is 0 Å². The standard InChI is InChI=1S/C22H15NO7.C2H6/c1-29-22(28)23-11-2-5-14(17(8-11)21(26)27)20-15-6-3-12(24)9-18(15)30-19-10-13(25)4-7-16(19)20;1-2/h2-10,24H,1H3,(H,23,28)(H,26,27);1-2H3. The van der Waals surface area contributed by atoms with Crippen molar-refractivity contribution in [1.29, 1.82) is 0 Å². The fourth-order valence-electron chi connectivity index (χ4n) is 3.34. The minimum Gasteiger partial charge on any atom is -0.508 e. The van der Waals surface area contributed by atoms with Crippen LogP contribution < -0.4 is 10.7 Å². The highest BCUT2D eigenvalue weighted by atomic mass is 16.5. The molecule has 0 radical (unpaired) electrons. The van der Waals surface area contributed by atoms with E-state index in [0.29, 0.717) is 22.1 Å². The van der Waals surface area contributed by atoms with E-state index in [2.05, 4.69) is 10.1 Å². The van der Waals surface area contributed by atoms with E-state index in [9.17, 15) is 24.6 Å². The molecule has 4 rings (SSSR count). The second-order valence-corrected chi connectivity index (χ2v) is 6.50. The summed E-state index contributed by atoms with van der Waals surface area (Å²) in [6.45, 7) is 4.00. The van der Waals surface area contributed by atoms with Crippen LogP contribution in [0.15, 0.2) is 63.8 Å². The largest absolute Gasteiger partial charge is 0.508 e. The average Bonchev–Trinajstić information content (AvgIpc) is 2.78. The predicted molar refractivity (Wildman–Crippen MR) is 121 cm³/mol. The third-order valence-corrected chi connectivity index (χ3v) is 4.63. The van der Waals surface area contributed by atoms with Crippen LogP contribution in [-0.4, -0.2) is 29.4 Å². The van der Waals surface area contributed by atoms with E-state index in [1.807, 2.05) is 13.8 Å². The zero-order valence-corrected chi connectivity index (χ0v) is 17.6. The predicted octanol–water partition coefficient (Wildman–Crippen LogP) is 5.17. The van der Waals surface area contributed by atoms with Gasteiger partial charge in [0.2, 0.25) is 0 Å². The number of aromatic carboxylic acids is 1. The summed E-state index contributed by atoms with van der Waals surface area (Å²) in [5, 5.41) is 22.6. The third-order valence-electron chi connectivity index (χ3n) is 4.63. The molecule has 0 aromatic heterocycles. The first-order valence-electron chi connectivity index (χ1n) is 9.79. The number of carbonyl (C=O) groups excluding carboxylic acids is 1. The minimum absolute atomic E-state index is 0.0362.